The summed E-state index contributed by atoms with van der Waals surface area (Å²) in [7, 11) is 0. The molecule has 0 spiro atoms. The summed E-state index contributed by atoms with van der Waals surface area (Å²) in [6.07, 6.45) is 0. The van der Waals surface area contributed by atoms with Crippen molar-refractivity contribution in [3.05, 3.63) is 46.9 Å². The first-order valence-electron chi connectivity index (χ1n) is 5.87. The molecule has 1 amide bonds. The van der Waals surface area contributed by atoms with Gasteiger partial charge in [-0.1, -0.05) is 18.2 Å². The second-order valence-electron chi connectivity index (χ2n) is 4.37. The molecule has 0 saturated carbocycles. The molecular formula is C13H12FN3OS. The molecule has 6 heteroatoms. The molecule has 0 radical (unpaired) electrons. The molecule has 0 fully saturated rings. The number of rotatable bonds is 1. The molecule has 1 aliphatic rings. The lowest BCUT2D eigenvalue weighted by atomic mass is 10.0. The summed E-state index contributed by atoms with van der Waals surface area (Å²) in [5, 5.41) is 9.44. The van der Waals surface area contributed by atoms with Crippen LogP contribution >= 0.6 is 11.8 Å². The average Bonchev–Trinajstić information content (AvgIpc) is 2.65. The summed E-state index contributed by atoms with van der Waals surface area (Å²) in [4.78, 5) is 11.6. The van der Waals surface area contributed by atoms with Crippen LogP contribution in [0.3, 0.4) is 0 Å². The van der Waals surface area contributed by atoms with Gasteiger partial charge in [-0.2, -0.15) is 5.10 Å². The maximum absolute atomic E-state index is 14.0. The lowest BCUT2D eigenvalue weighted by Gasteiger charge is -2.15. The Labute approximate surface area is 113 Å². The third-order valence-electron chi connectivity index (χ3n) is 3.08. The fraction of sp³-hybridized carbons (Fsp3) is 0.231. The normalized spacial score (nSPS) is 18.6. The monoisotopic (exact) mass is 277 g/mol. The maximum Gasteiger partial charge on any atom is 0.235 e. The van der Waals surface area contributed by atoms with Gasteiger partial charge in [0.25, 0.3) is 0 Å². The number of carbonyl (C=O) groups excluding carboxylic acids is 1. The van der Waals surface area contributed by atoms with Crippen molar-refractivity contribution in [1.29, 1.82) is 0 Å². The quantitative estimate of drug-likeness (QED) is 0.842. The minimum Gasteiger partial charge on any atom is -0.308 e. The number of benzene rings is 1. The number of hydrogen-bond donors (Lipinski definition) is 2. The molecule has 2 heterocycles. The number of carbonyl (C=O) groups is 1. The van der Waals surface area contributed by atoms with E-state index in [9.17, 15) is 9.18 Å². The van der Waals surface area contributed by atoms with Gasteiger partial charge in [0.2, 0.25) is 5.91 Å². The molecule has 3 rings (SSSR count). The van der Waals surface area contributed by atoms with Gasteiger partial charge in [0, 0.05) is 16.8 Å². The van der Waals surface area contributed by atoms with Crippen LogP contribution in [0.1, 0.15) is 22.1 Å². The molecule has 19 heavy (non-hydrogen) atoms. The Kier molecular flexibility index (Phi) is 3.02. The molecule has 2 aromatic rings. The number of aromatic amines is 1. The summed E-state index contributed by atoms with van der Waals surface area (Å²) < 4.78 is 14.0. The van der Waals surface area contributed by atoms with E-state index in [1.807, 2.05) is 6.92 Å². The highest BCUT2D eigenvalue weighted by atomic mass is 32.2. The highest BCUT2D eigenvalue weighted by molar-refractivity contribution is 8.00. The summed E-state index contributed by atoms with van der Waals surface area (Å²) >= 11 is 1.41. The van der Waals surface area contributed by atoms with Crippen LogP contribution in [0.2, 0.25) is 0 Å². The van der Waals surface area contributed by atoms with E-state index in [-0.39, 0.29) is 22.7 Å². The van der Waals surface area contributed by atoms with Crippen LogP contribution in [-0.4, -0.2) is 21.9 Å². The molecule has 1 atom stereocenters. The summed E-state index contributed by atoms with van der Waals surface area (Å²) in [5.41, 5.74) is 2.27. The SMILES string of the molecule is Cc1[nH]nc2c1[C@H](c1ccccc1F)SCC(=O)N2. The number of halogens is 1. The zero-order chi connectivity index (χ0) is 13.4. The van der Waals surface area contributed by atoms with Gasteiger partial charge in [-0.3, -0.25) is 9.89 Å². The van der Waals surface area contributed by atoms with Crippen molar-refractivity contribution in [1.82, 2.24) is 10.2 Å². The van der Waals surface area contributed by atoms with Crippen molar-refractivity contribution >= 4 is 23.5 Å². The van der Waals surface area contributed by atoms with Crippen LogP contribution in [0.4, 0.5) is 10.2 Å². The largest absolute Gasteiger partial charge is 0.308 e. The topological polar surface area (TPSA) is 57.8 Å². The van der Waals surface area contributed by atoms with Crippen LogP contribution in [0.5, 0.6) is 0 Å². The summed E-state index contributed by atoms with van der Waals surface area (Å²) in [5.74, 6) is 0.410. The summed E-state index contributed by atoms with van der Waals surface area (Å²) in [6.45, 7) is 1.87. The van der Waals surface area contributed by atoms with Crippen molar-refractivity contribution in [2.24, 2.45) is 0 Å². The van der Waals surface area contributed by atoms with Gasteiger partial charge in [0.05, 0.1) is 11.0 Å². The molecule has 0 saturated heterocycles. The number of nitrogens with one attached hydrogen (secondary N) is 2. The Hall–Kier alpha value is -1.82. The van der Waals surface area contributed by atoms with E-state index in [2.05, 4.69) is 15.5 Å². The van der Waals surface area contributed by atoms with E-state index >= 15 is 0 Å². The fourth-order valence-corrected chi connectivity index (χ4v) is 3.41. The Morgan fingerprint density at radius 1 is 1.42 bits per heavy atom. The van der Waals surface area contributed by atoms with Crippen LogP contribution in [0.15, 0.2) is 24.3 Å². The number of aromatic nitrogens is 2. The van der Waals surface area contributed by atoms with E-state index in [0.29, 0.717) is 11.4 Å². The van der Waals surface area contributed by atoms with Crippen molar-refractivity contribution in [3.63, 3.8) is 0 Å². The lowest BCUT2D eigenvalue weighted by Crippen LogP contribution is -2.12. The smallest absolute Gasteiger partial charge is 0.235 e. The van der Waals surface area contributed by atoms with Crippen LogP contribution in [0.25, 0.3) is 0 Å². The summed E-state index contributed by atoms with van der Waals surface area (Å²) in [6, 6.07) is 6.64. The Morgan fingerprint density at radius 2 is 2.21 bits per heavy atom. The van der Waals surface area contributed by atoms with Gasteiger partial charge in [-0.15, -0.1) is 11.8 Å². The standard InChI is InChI=1S/C13H12FN3OS/c1-7-11-12(8-4-2-3-5-9(8)14)19-6-10(18)15-13(11)17-16-7/h2-5,12H,6H2,1H3,(H2,15,16,17,18)/t12-/m0/s1. The number of fused-ring (bicyclic) bond motifs is 1. The van der Waals surface area contributed by atoms with E-state index in [1.54, 1.807) is 18.2 Å². The van der Waals surface area contributed by atoms with Gasteiger partial charge < -0.3 is 5.32 Å². The van der Waals surface area contributed by atoms with Gasteiger partial charge in [-0.25, -0.2) is 4.39 Å². The molecule has 1 aromatic heterocycles. The van der Waals surface area contributed by atoms with Gasteiger partial charge in [0.1, 0.15) is 5.82 Å². The van der Waals surface area contributed by atoms with Crippen LogP contribution in [0, 0.1) is 12.7 Å². The zero-order valence-electron chi connectivity index (χ0n) is 10.2. The molecule has 0 bridgehead atoms. The van der Waals surface area contributed by atoms with E-state index < -0.39 is 0 Å². The maximum atomic E-state index is 14.0. The van der Waals surface area contributed by atoms with Crippen molar-refractivity contribution in [2.75, 3.05) is 11.1 Å². The Morgan fingerprint density at radius 3 is 3.00 bits per heavy atom. The number of thioether (sulfide) groups is 1. The number of aryl methyl sites for hydroxylation is 1. The number of H-pyrrole nitrogens is 1. The predicted molar refractivity (Wildman–Crippen MR) is 72.7 cm³/mol. The predicted octanol–water partition coefficient (Wildman–Crippen LogP) is 2.63. The van der Waals surface area contributed by atoms with Crippen LogP contribution in [-0.2, 0) is 4.79 Å². The average molecular weight is 277 g/mol. The highest BCUT2D eigenvalue weighted by Gasteiger charge is 2.29. The Balaban J connectivity index is 2.14. The highest BCUT2D eigenvalue weighted by Crippen LogP contribution is 2.42. The number of amides is 1. The van der Waals surface area contributed by atoms with E-state index in [4.69, 9.17) is 0 Å². The van der Waals surface area contributed by atoms with Gasteiger partial charge >= 0.3 is 0 Å². The first-order chi connectivity index (χ1) is 9.16. The number of hydrogen-bond acceptors (Lipinski definition) is 3. The minimum atomic E-state index is -0.263. The first-order valence-corrected chi connectivity index (χ1v) is 6.92. The van der Waals surface area contributed by atoms with Gasteiger partial charge in [-0.05, 0) is 13.0 Å². The van der Waals surface area contributed by atoms with Crippen molar-refractivity contribution < 1.29 is 9.18 Å². The molecule has 0 aliphatic carbocycles. The van der Waals surface area contributed by atoms with Gasteiger partial charge in [0.15, 0.2) is 5.82 Å². The fourth-order valence-electron chi connectivity index (χ4n) is 2.20. The van der Waals surface area contributed by atoms with Crippen molar-refractivity contribution in [2.45, 2.75) is 12.2 Å². The third-order valence-corrected chi connectivity index (χ3v) is 4.34. The molecule has 0 unspecified atom stereocenters. The number of anilines is 1. The molecule has 98 valence electrons. The zero-order valence-corrected chi connectivity index (χ0v) is 11.1. The molecular weight excluding hydrogens is 265 g/mol. The Bertz CT molecular complexity index is 641. The van der Waals surface area contributed by atoms with Crippen molar-refractivity contribution in [3.8, 4) is 0 Å². The second-order valence-corrected chi connectivity index (χ2v) is 5.47. The van der Waals surface area contributed by atoms with Crippen LogP contribution < -0.4 is 5.32 Å². The molecule has 4 nitrogen and oxygen atoms in total. The second kappa shape index (κ2) is 4.70. The first kappa shape index (κ1) is 12.2. The van der Waals surface area contributed by atoms with E-state index in [1.165, 1.54) is 17.8 Å². The third kappa shape index (κ3) is 2.12. The molecule has 1 aliphatic heterocycles. The lowest BCUT2D eigenvalue weighted by molar-refractivity contribution is -0.113. The molecule has 1 aromatic carbocycles. The van der Waals surface area contributed by atoms with E-state index in [0.717, 1.165) is 11.3 Å². The minimum absolute atomic E-state index is 0.114. The molecule has 2 N–H and O–H groups in total. The number of nitrogens with zero attached hydrogens (tertiary/aromatic N) is 1.